The maximum absolute atomic E-state index is 15.1. The van der Waals surface area contributed by atoms with Crippen LogP contribution in [0.4, 0.5) is 4.39 Å². The fraction of sp³-hybridized carbons (Fsp3) is 0.255. The van der Waals surface area contributed by atoms with E-state index < -0.39 is 0 Å². The molecule has 6 heteroatoms. The first-order valence-corrected chi connectivity index (χ1v) is 18.9. The Balaban J connectivity index is 0.00000266. The van der Waals surface area contributed by atoms with Crippen LogP contribution in [0.15, 0.2) is 134 Å². The highest BCUT2D eigenvalue weighted by molar-refractivity contribution is 5.96. The van der Waals surface area contributed by atoms with Crippen molar-refractivity contribution in [1.82, 2.24) is 25.4 Å². The fourth-order valence-electron chi connectivity index (χ4n) is 7.02. The summed E-state index contributed by atoms with van der Waals surface area (Å²) in [4.78, 5) is 6.08. The highest BCUT2D eigenvalue weighted by Gasteiger charge is 2.18. The molecule has 3 aromatic carbocycles. The van der Waals surface area contributed by atoms with Gasteiger partial charge in [-0.05, 0) is 135 Å². The predicted octanol–water partition coefficient (Wildman–Crippen LogP) is 11.5. The van der Waals surface area contributed by atoms with Crippen LogP contribution in [-0.2, 0) is 12.8 Å². The average Bonchev–Trinajstić information content (AvgIpc) is 3.93. The van der Waals surface area contributed by atoms with Gasteiger partial charge in [0, 0.05) is 34.5 Å². The molecule has 0 radical (unpaired) electrons. The van der Waals surface area contributed by atoms with E-state index in [0.717, 1.165) is 98.6 Å². The van der Waals surface area contributed by atoms with Crippen molar-refractivity contribution < 1.29 is 4.39 Å². The third kappa shape index (κ3) is 9.91. The molecule has 53 heavy (non-hydrogen) atoms. The van der Waals surface area contributed by atoms with Crippen molar-refractivity contribution in [2.75, 3.05) is 19.6 Å². The molecule has 0 unspecified atom stereocenters. The Morgan fingerprint density at radius 2 is 1.74 bits per heavy atom. The molecule has 0 amide bonds. The Bertz CT molecular complexity index is 2120. The Morgan fingerprint density at radius 3 is 2.45 bits per heavy atom. The van der Waals surface area contributed by atoms with E-state index in [1.807, 2.05) is 58.0 Å². The summed E-state index contributed by atoms with van der Waals surface area (Å²) in [6, 6.07) is 24.1. The van der Waals surface area contributed by atoms with E-state index in [2.05, 4.69) is 94.7 Å². The van der Waals surface area contributed by atoms with Crippen LogP contribution in [0.3, 0.4) is 0 Å². The van der Waals surface area contributed by atoms with Crippen molar-refractivity contribution >= 4 is 22.0 Å². The van der Waals surface area contributed by atoms with Crippen LogP contribution in [0.5, 0.6) is 0 Å². The second-order valence-corrected chi connectivity index (χ2v) is 13.3. The first-order valence-electron chi connectivity index (χ1n) is 18.9. The first kappa shape index (κ1) is 38.8. The van der Waals surface area contributed by atoms with Crippen LogP contribution in [0, 0.1) is 12.7 Å². The molecule has 0 spiro atoms. The number of hydrogen-bond donors (Lipinski definition) is 3. The van der Waals surface area contributed by atoms with E-state index in [-0.39, 0.29) is 5.82 Å². The zero-order valence-corrected chi connectivity index (χ0v) is 31.9. The van der Waals surface area contributed by atoms with Crippen LogP contribution >= 0.6 is 0 Å². The molecule has 1 fully saturated rings. The lowest BCUT2D eigenvalue weighted by molar-refractivity contribution is 0.334. The number of nitrogens with one attached hydrogen (secondary N) is 3. The van der Waals surface area contributed by atoms with E-state index in [4.69, 9.17) is 5.10 Å². The number of aromatic nitrogens is 3. The number of rotatable bonds is 15. The van der Waals surface area contributed by atoms with E-state index in [1.54, 1.807) is 18.2 Å². The maximum atomic E-state index is 15.1. The molecule has 2 aromatic heterocycles. The van der Waals surface area contributed by atoms with Crippen molar-refractivity contribution in [3.05, 3.63) is 174 Å². The van der Waals surface area contributed by atoms with E-state index in [9.17, 15) is 0 Å². The van der Waals surface area contributed by atoms with Gasteiger partial charge in [0.1, 0.15) is 11.5 Å². The lowest BCUT2D eigenvalue weighted by atomic mass is 9.94. The second-order valence-electron chi connectivity index (χ2n) is 13.3. The number of allylic oxidation sites excluding steroid dienone is 7. The largest absolute Gasteiger partial charge is 0.359 e. The Kier molecular flexibility index (Phi) is 13.8. The lowest BCUT2D eigenvalue weighted by Crippen LogP contribution is -2.20. The van der Waals surface area contributed by atoms with Gasteiger partial charge in [-0.1, -0.05) is 94.3 Å². The first-order chi connectivity index (χ1) is 25.8. The summed E-state index contributed by atoms with van der Waals surface area (Å²) in [6.45, 7) is 23.8. The maximum Gasteiger partial charge on any atom is 0.124 e. The number of likely N-dealkylation sites (tertiary alicyclic amines) is 1. The van der Waals surface area contributed by atoms with Gasteiger partial charge in [-0.25, -0.2) is 4.39 Å². The molecular formula is C47H54FN5. The number of benzene rings is 3. The molecule has 1 aliphatic rings. The minimum Gasteiger partial charge on any atom is -0.359 e. The van der Waals surface area contributed by atoms with Crippen molar-refractivity contribution in [3.8, 4) is 11.4 Å². The quantitative estimate of drug-likeness (QED) is 0.0950. The van der Waals surface area contributed by atoms with E-state index in [0.29, 0.717) is 0 Å². The van der Waals surface area contributed by atoms with Crippen molar-refractivity contribution in [2.24, 2.45) is 0 Å². The molecule has 1 saturated heterocycles. The van der Waals surface area contributed by atoms with E-state index in [1.165, 1.54) is 31.5 Å². The van der Waals surface area contributed by atoms with Gasteiger partial charge in [0.05, 0.1) is 11.2 Å². The standard InChI is InChI=1S/C45H48FN5.C2H6/c1-6-15-40(37-25-34(26-38(46)27-37)18-14-23-51-21-12-13-22-51)41-30-44(48-32(41)5)45-42-29-36(19-20-43(42)49-50-45)35(7-2)28-39(8-3)47-31(4)24-33-16-10-9-11-17-33;1-2/h6-11,15-17,19-20,25-30,47-48H,1,3-4,12-14,18,21-24H2,2,5H3,(H,49,50);1-2H3/b35-7+,39-28+,40-15-;. The summed E-state index contributed by atoms with van der Waals surface area (Å²) in [7, 11) is 0. The number of aryl methyl sites for hydroxylation is 2. The van der Waals surface area contributed by atoms with E-state index >= 15 is 4.39 Å². The van der Waals surface area contributed by atoms with Gasteiger partial charge >= 0.3 is 0 Å². The van der Waals surface area contributed by atoms with Gasteiger partial charge in [-0.3, -0.25) is 5.10 Å². The molecule has 0 atom stereocenters. The number of halogens is 1. The second kappa shape index (κ2) is 18.9. The van der Waals surface area contributed by atoms with Gasteiger partial charge in [-0.2, -0.15) is 5.10 Å². The zero-order valence-electron chi connectivity index (χ0n) is 31.9. The van der Waals surface area contributed by atoms with Gasteiger partial charge in [0.25, 0.3) is 0 Å². The number of H-pyrrole nitrogens is 2. The smallest absolute Gasteiger partial charge is 0.124 e. The molecular weight excluding hydrogens is 654 g/mol. The lowest BCUT2D eigenvalue weighted by Gasteiger charge is -2.15. The molecule has 274 valence electrons. The van der Waals surface area contributed by atoms with Crippen LogP contribution in [0.1, 0.15) is 73.5 Å². The summed E-state index contributed by atoms with van der Waals surface area (Å²) in [5, 5.41) is 12.4. The summed E-state index contributed by atoms with van der Waals surface area (Å²) in [5.41, 5.74) is 12.4. The third-order valence-electron chi connectivity index (χ3n) is 9.57. The van der Waals surface area contributed by atoms with Gasteiger partial charge < -0.3 is 15.2 Å². The molecule has 3 N–H and O–H groups in total. The number of fused-ring (bicyclic) bond motifs is 1. The molecule has 5 aromatic rings. The number of aromatic amines is 2. The van der Waals surface area contributed by atoms with Crippen molar-refractivity contribution in [2.45, 2.75) is 59.8 Å². The van der Waals surface area contributed by atoms with Crippen LogP contribution in [-0.4, -0.2) is 39.7 Å². The van der Waals surface area contributed by atoms with Crippen LogP contribution in [0.25, 0.3) is 33.4 Å². The molecule has 3 heterocycles. The summed E-state index contributed by atoms with van der Waals surface area (Å²) >= 11 is 0. The minimum absolute atomic E-state index is 0.220. The molecule has 6 rings (SSSR count). The number of nitrogens with zero attached hydrogens (tertiary/aromatic N) is 2. The molecule has 0 aliphatic carbocycles. The fourth-order valence-corrected chi connectivity index (χ4v) is 7.02. The third-order valence-corrected chi connectivity index (χ3v) is 9.57. The van der Waals surface area contributed by atoms with Crippen LogP contribution in [0.2, 0.25) is 0 Å². The van der Waals surface area contributed by atoms with Gasteiger partial charge in [0.2, 0.25) is 0 Å². The molecule has 0 saturated carbocycles. The zero-order chi connectivity index (χ0) is 37.7. The molecule has 5 nitrogen and oxygen atoms in total. The Morgan fingerprint density at radius 1 is 0.962 bits per heavy atom. The normalized spacial score (nSPS) is 13.9. The average molecular weight is 708 g/mol. The number of hydrogen-bond acceptors (Lipinski definition) is 3. The minimum atomic E-state index is -0.220. The highest BCUT2D eigenvalue weighted by Crippen LogP contribution is 2.35. The van der Waals surface area contributed by atoms with Gasteiger partial charge in [0.15, 0.2) is 0 Å². The monoisotopic (exact) mass is 707 g/mol. The summed E-state index contributed by atoms with van der Waals surface area (Å²) in [5.74, 6) is -0.220. The highest BCUT2D eigenvalue weighted by atomic mass is 19.1. The van der Waals surface area contributed by atoms with Crippen molar-refractivity contribution in [3.63, 3.8) is 0 Å². The summed E-state index contributed by atoms with van der Waals surface area (Å²) < 4.78 is 15.1. The summed E-state index contributed by atoms with van der Waals surface area (Å²) in [6.07, 6.45) is 14.9. The molecule has 1 aliphatic heterocycles. The molecule has 0 bridgehead atoms. The topological polar surface area (TPSA) is 59.7 Å². The van der Waals surface area contributed by atoms with Gasteiger partial charge in [-0.15, -0.1) is 0 Å². The predicted molar refractivity (Wildman–Crippen MR) is 224 cm³/mol. The Labute approximate surface area is 315 Å². The van der Waals surface area contributed by atoms with Crippen LogP contribution < -0.4 is 5.32 Å². The SMILES string of the molecule is C=C/C=C(/c1cc(F)cc(CCCN2CCCC2)c1)c1cc(-c2n[nH]c3ccc(C(/C=C(\C=C)NC(=C)Cc4ccccc4)=C/C)cc23)[nH]c1C.CC. The Hall–Kier alpha value is -5.46. The van der Waals surface area contributed by atoms with Crippen molar-refractivity contribution in [1.29, 1.82) is 0 Å².